The molecule has 3 aromatic carbocycles. The zero-order valence-corrected chi connectivity index (χ0v) is 37.5. The molecule has 16 nitrogen and oxygen atoms in total. The van der Waals surface area contributed by atoms with Crippen molar-refractivity contribution in [3.8, 4) is 39.5 Å². The Kier molecular flexibility index (Phi) is 11.8. The van der Waals surface area contributed by atoms with Crippen molar-refractivity contribution in [1.82, 2.24) is 44.9 Å². The largest absolute Gasteiger partial charge is 0.465 e. The summed E-state index contributed by atoms with van der Waals surface area (Å²) in [5, 5.41) is 6.46. The Balaban J connectivity index is 1.00. The lowest BCUT2D eigenvalue weighted by Gasteiger charge is -2.30. The highest BCUT2D eigenvalue weighted by Gasteiger charge is 2.39. The van der Waals surface area contributed by atoms with Gasteiger partial charge in [-0.3, -0.25) is 9.59 Å². The van der Waals surface area contributed by atoms with Crippen LogP contribution in [0.15, 0.2) is 85.2 Å². The van der Waals surface area contributed by atoms with Crippen LogP contribution in [-0.4, -0.2) is 97.7 Å². The fourth-order valence-electron chi connectivity index (χ4n) is 9.56. The average Bonchev–Trinajstić information content (AvgIpc) is 4.18. The van der Waals surface area contributed by atoms with Crippen molar-refractivity contribution >= 4 is 34.9 Å². The maximum absolute atomic E-state index is 13.8. The summed E-state index contributed by atoms with van der Waals surface area (Å²) in [5.74, 6) is 1.55. The molecule has 0 saturated carbocycles. The molecule has 5 atom stereocenters. The number of nitrogens with zero attached hydrogens (tertiary/aromatic N) is 5. The highest BCUT2D eigenvalue weighted by Crippen LogP contribution is 2.46. The van der Waals surface area contributed by atoms with Crippen molar-refractivity contribution in [2.75, 3.05) is 27.3 Å². The van der Waals surface area contributed by atoms with Crippen molar-refractivity contribution < 1.29 is 33.4 Å². The van der Waals surface area contributed by atoms with E-state index >= 15 is 0 Å². The first-order chi connectivity index (χ1) is 31.4. The van der Waals surface area contributed by atoms with E-state index in [1.54, 1.807) is 6.20 Å². The van der Waals surface area contributed by atoms with Crippen LogP contribution in [-0.2, 0) is 19.1 Å². The molecule has 6 aromatic rings. The molecule has 4 amide bonds. The predicted octanol–water partition coefficient (Wildman–Crippen LogP) is 8.12. The van der Waals surface area contributed by atoms with Gasteiger partial charge < -0.3 is 49.2 Å². The van der Waals surface area contributed by atoms with Gasteiger partial charge >= 0.3 is 12.2 Å². The average molecular weight is 894 g/mol. The maximum atomic E-state index is 13.8. The molecule has 2 saturated heterocycles. The number of aromatic nitrogens is 5. The third-order valence-electron chi connectivity index (χ3n) is 13.0. The van der Waals surface area contributed by atoms with E-state index in [9.17, 15) is 19.2 Å². The summed E-state index contributed by atoms with van der Waals surface area (Å²) < 4.78 is 18.8. The van der Waals surface area contributed by atoms with Gasteiger partial charge in [0, 0.05) is 40.7 Å². The molecule has 4 N–H and O–H groups in total. The Hall–Kier alpha value is -7.10. The molecule has 338 valence electrons. The van der Waals surface area contributed by atoms with Gasteiger partial charge in [0.25, 0.3) is 0 Å². The fraction of sp³-hybridized carbons (Fsp3) is 0.388. The third-order valence-corrected chi connectivity index (χ3v) is 13.0. The molecule has 65 heavy (non-hydrogen) atoms. The number of hydrogen-bond acceptors (Lipinski definition) is 9. The molecule has 0 aliphatic carbocycles. The number of alkyl carbamates (subject to hydrolysis) is 2. The van der Waals surface area contributed by atoms with Crippen molar-refractivity contribution in [3.05, 3.63) is 102 Å². The van der Waals surface area contributed by atoms with Crippen LogP contribution in [0.3, 0.4) is 0 Å². The second-order valence-electron chi connectivity index (χ2n) is 17.7. The summed E-state index contributed by atoms with van der Waals surface area (Å²) in [5.41, 5.74) is 7.43. The van der Waals surface area contributed by atoms with E-state index in [-0.39, 0.29) is 35.7 Å². The summed E-state index contributed by atoms with van der Waals surface area (Å²) in [6.45, 7) is 8.75. The number of fused-ring (bicyclic) bond motifs is 5. The van der Waals surface area contributed by atoms with Gasteiger partial charge in [0.15, 0.2) is 0 Å². The molecule has 0 bridgehead atoms. The second-order valence-corrected chi connectivity index (χ2v) is 17.7. The first kappa shape index (κ1) is 43.2. The van der Waals surface area contributed by atoms with Crippen LogP contribution >= 0.6 is 0 Å². The summed E-state index contributed by atoms with van der Waals surface area (Å²) >= 11 is 0. The molecule has 0 unspecified atom stereocenters. The van der Waals surface area contributed by atoms with Crippen molar-refractivity contribution in [2.45, 2.75) is 83.8 Å². The number of hydrogen-bond donors (Lipinski definition) is 4. The normalized spacial score (nSPS) is 18.9. The van der Waals surface area contributed by atoms with Crippen molar-refractivity contribution in [3.63, 3.8) is 0 Å². The Morgan fingerprint density at radius 2 is 1.25 bits per heavy atom. The molecular weight excluding hydrogens is 839 g/mol. The van der Waals surface area contributed by atoms with Crippen LogP contribution in [0.1, 0.15) is 88.9 Å². The Labute approximate surface area is 377 Å². The number of imidazole rings is 2. The number of carbonyl (C=O) groups is 4. The fourth-order valence-corrected chi connectivity index (χ4v) is 9.56. The van der Waals surface area contributed by atoms with E-state index in [4.69, 9.17) is 24.2 Å². The lowest BCUT2D eigenvalue weighted by Crippen LogP contribution is -2.51. The summed E-state index contributed by atoms with van der Waals surface area (Å²) in [6.07, 6.45) is 5.05. The topological polar surface area (TPSA) is 189 Å². The number of rotatable bonds is 11. The Morgan fingerprint density at radius 1 is 0.708 bits per heavy atom. The van der Waals surface area contributed by atoms with E-state index in [1.165, 1.54) is 14.2 Å². The zero-order valence-electron chi connectivity index (χ0n) is 37.5. The molecule has 3 aliphatic heterocycles. The SMILES string of the molecule is COC(=O)N[C@H](C(=O)[15N]1[13CH2][13CH2][13CH2][13C@H]1[13c]1ncc(-c2ccc3c(c2)O[C@@H](c2ccccc2)n2c-3cc3cc(-c4cn[13c]([13C@@H]5[13CH2][13CH2][13CH2][15N]5C(=O)[C@@H](NC(=O)OC)C(C)C)[nH]4)ccc32)[nH]1)C(C)C. The van der Waals surface area contributed by atoms with Crippen LogP contribution in [0.4, 0.5) is 9.59 Å². The van der Waals surface area contributed by atoms with Crippen LogP contribution in [0.25, 0.3) is 44.7 Å². The number of aromatic amines is 2. The first-order valence-corrected chi connectivity index (χ1v) is 22.4. The quantitative estimate of drug-likeness (QED) is 0.0736. The van der Waals surface area contributed by atoms with Crippen LogP contribution in [0.5, 0.6) is 5.75 Å². The summed E-state index contributed by atoms with van der Waals surface area (Å²) in [7, 11) is 2.58. The highest BCUT2D eigenvalue weighted by atomic mass is 16.5. The van der Waals surface area contributed by atoms with E-state index in [2.05, 4.69) is 73.7 Å². The minimum absolute atomic E-state index is 0.128. The van der Waals surface area contributed by atoms with Gasteiger partial charge in [-0.1, -0.05) is 70.2 Å². The number of carbonyl (C=O) groups excluding carboxylic acids is 4. The van der Waals surface area contributed by atoms with Crippen molar-refractivity contribution in [1.29, 1.82) is 0 Å². The zero-order chi connectivity index (χ0) is 45.5. The van der Waals surface area contributed by atoms with Crippen LogP contribution in [0.2, 0.25) is 0 Å². The lowest BCUT2D eigenvalue weighted by atomic mass is 10.0. The molecule has 0 radical (unpaired) electrons. The molecule has 9 rings (SSSR count). The van der Waals surface area contributed by atoms with E-state index in [0.717, 1.165) is 81.7 Å². The van der Waals surface area contributed by atoms with Gasteiger partial charge in [-0.15, -0.1) is 0 Å². The minimum atomic E-state index is -0.720. The number of likely N-dealkylation sites (tertiary alicyclic amines) is 2. The molecule has 3 aromatic heterocycles. The smallest absolute Gasteiger partial charge is 0.407 e. The lowest BCUT2D eigenvalue weighted by molar-refractivity contribution is -0.136. The predicted molar refractivity (Wildman–Crippen MR) is 243 cm³/mol. The Bertz CT molecular complexity index is 2740. The van der Waals surface area contributed by atoms with Gasteiger partial charge in [0.05, 0.1) is 61.3 Å². The maximum Gasteiger partial charge on any atom is 0.407 e. The Morgan fingerprint density at radius 3 is 1.78 bits per heavy atom. The van der Waals surface area contributed by atoms with Crippen LogP contribution < -0.4 is 15.4 Å². The van der Waals surface area contributed by atoms with Crippen molar-refractivity contribution in [2.24, 2.45) is 11.8 Å². The molecular formula is C49H55N9O7. The number of benzene rings is 3. The van der Waals surface area contributed by atoms with Gasteiger partial charge in [0.2, 0.25) is 18.0 Å². The number of H-pyrrole nitrogens is 2. The molecule has 6 heterocycles. The van der Waals surface area contributed by atoms with E-state index in [1.807, 2.05) is 68.0 Å². The van der Waals surface area contributed by atoms with Crippen LogP contribution in [0, 0.1) is 11.8 Å². The monoisotopic (exact) mass is 893 g/mol. The number of ether oxygens (including phenoxy) is 3. The number of amides is 4. The van der Waals surface area contributed by atoms with E-state index in [0.29, 0.717) is 24.7 Å². The molecule has 3 aliphatic rings. The highest BCUT2D eigenvalue weighted by molar-refractivity contribution is 5.93. The standard InChI is InChI=1S/C49H55N9O7/c1-27(2)41(54-48(61)63-5)45(59)56-20-10-14-37(56)43-50-25-34(52-43)30-17-19-36-32(22-30)23-39-33-18-16-31(24-40(33)65-47(58(36)39)29-12-8-7-9-13-29)35-26-51-44(53-35)38-15-11-21-57(38)46(60)42(28(3)4)55-49(62)64-6/h7-9,12-13,16-19,22-28,37-38,41-42,47H,10-11,14-15,20-21H2,1-6H3,(H,50,52)(H,51,53)(H,54,61)(H,55,62)/t37-,38-,41-,42-,47-/m0/s1/i10+1,11+1,14+1,15+1,20+1,21+1,37+1,38+1,43+1,44+1,56+1,57+1. The van der Waals surface area contributed by atoms with Gasteiger partial charge in [-0.25, -0.2) is 19.6 Å². The number of methoxy groups -OCH3 is 2. The van der Waals surface area contributed by atoms with Gasteiger partial charge in [-0.05, 0) is 67.9 Å². The molecule has 16 heteroatoms. The van der Waals surface area contributed by atoms with Gasteiger partial charge in [-0.2, -0.15) is 0 Å². The molecule has 0 spiro atoms. The number of nitrogens with one attached hydrogen (secondary N) is 4. The summed E-state index contributed by atoms with van der Waals surface area (Å²) in [4.78, 5) is 72.0. The first-order valence-electron chi connectivity index (χ1n) is 22.4. The minimum Gasteiger partial charge on any atom is -0.465 e. The molecule has 2 fully saturated rings. The third kappa shape index (κ3) is 8.17. The second kappa shape index (κ2) is 17.8. The summed E-state index contributed by atoms with van der Waals surface area (Å²) in [6, 6.07) is 22.9. The van der Waals surface area contributed by atoms with E-state index < -0.39 is 30.5 Å². The van der Waals surface area contributed by atoms with Gasteiger partial charge in [0.1, 0.15) is 29.5 Å².